The third-order valence-electron chi connectivity index (χ3n) is 5.31. The first-order valence-electron chi connectivity index (χ1n) is 10.3. The molecule has 0 unspecified atom stereocenters. The molecule has 1 aromatic carbocycles. The first-order chi connectivity index (χ1) is 14.7. The number of ether oxygens (including phenoxy) is 1. The van der Waals surface area contributed by atoms with Crippen molar-refractivity contribution in [3.05, 3.63) is 78.1 Å². The minimum atomic E-state index is -0.281. The molecule has 1 amide bonds. The molecule has 7 heteroatoms. The first-order valence-corrected chi connectivity index (χ1v) is 10.3. The second-order valence-corrected chi connectivity index (χ2v) is 7.62. The highest BCUT2D eigenvalue weighted by Gasteiger charge is 2.22. The largest absolute Gasteiger partial charge is 0.415 e. The van der Waals surface area contributed by atoms with Gasteiger partial charge in [-0.1, -0.05) is 18.2 Å². The molecule has 0 spiro atoms. The summed E-state index contributed by atoms with van der Waals surface area (Å²) in [6.07, 6.45) is 7.08. The molecule has 1 aliphatic heterocycles. The van der Waals surface area contributed by atoms with E-state index in [1.165, 1.54) is 0 Å². The van der Waals surface area contributed by atoms with Crippen LogP contribution in [0.5, 0.6) is 5.75 Å². The van der Waals surface area contributed by atoms with Gasteiger partial charge in [-0.05, 0) is 29.8 Å². The smallest absolute Gasteiger partial charge is 0.410 e. The van der Waals surface area contributed by atoms with Crippen molar-refractivity contribution < 1.29 is 9.53 Å². The maximum Gasteiger partial charge on any atom is 0.415 e. The van der Waals surface area contributed by atoms with Crippen LogP contribution < -0.4 is 4.74 Å². The highest BCUT2D eigenvalue weighted by molar-refractivity contribution is 5.70. The lowest BCUT2D eigenvalue weighted by molar-refractivity contribution is 0.111. The van der Waals surface area contributed by atoms with Gasteiger partial charge in [-0.25, -0.2) is 9.78 Å². The van der Waals surface area contributed by atoms with E-state index in [4.69, 9.17) is 4.74 Å². The molecule has 0 saturated carbocycles. The zero-order valence-electron chi connectivity index (χ0n) is 17.3. The van der Waals surface area contributed by atoms with Crippen molar-refractivity contribution in [2.45, 2.75) is 12.8 Å². The van der Waals surface area contributed by atoms with E-state index in [2.05, 4.69) is 21.1 Å². The Morgan fingerprint density at radius 3 is 2.47 bits per heavy atom. The molecule has 0 N–H and O–H groups in total. The van der Waals surface area contributed by atoms with E-state index >= 15 is 0 Å². The van der Waals surface area contributed by atoms with Crippen molar-refractivity contribution in [3.63, 3.8) is 0 Å². The topological polar surface area (TPSA) is 63.5 Å². The summed E-state index contributed by atoms with van der Waals surface area (Å²) in [4.78, 5) is 25.3. The zero-order chi connectivity index (χ0) is 20.8. The van der Waals surface area contributed by atoms with Gasteiger partial charge >= 0.3 is 6.09 Å². The van der Waals surface area contributed by atoms with Crippen LogP contribution in [0.25, 0.3) is 0 Å². The number of hydrogen-bond donors (Lipinski definition) is 0. The number of imidazole rings is 1. The van der Waals surface area contributed by atoms with Gasteiger partial charge in [0.2, 0.25) is 0 Å². The molecule has 3 aromatic rings. The molecule has 1 fully saturated rings. The Labute approximate surface area is 176 Å². The van der Waals surface area contributed by atoms with Crippen molar-refractivity contribution in [2.24, 2.45) is 7.05 Å². The molecule has 3 heterocycles. The minimum absolute atomic E-state index is 0.281. The lowest BCUT2D eigenvalue weighted by Crippen LogP contribution is -2.49. The fraction of sp³-hybridized carbons (Fsp3) is 0.348. The van der Waals surface area contributed by atoms with Crippen LogP contribution in [0, 0.1) is 0 Å². The quantitative estimate of drug-likeness (QED) is 0.631. The molecule has 2 aromatic heterocycles. The molecule has 1 aliphatic rings. The van der Waals surface area contributed by atoms with Crippen molar-refractivity contribution in [1.29, 1.82) is 0 Å². The molecule has 0 aliphatic carbocycles. The van der Waals surface area contributed by atoms with Crippen LogP contribution in [0.1, 0.15) is 17.0 Å². The number of carbonyl (C=O) groups excluding carboxylic acids is 1. The zero-order valence-corrected chi connectivity index (χ0v) is 17.3. The first kappa shape index (κ1) is 20.1. The van der Waals surface area contributed by atoms with Crippen LogP contribution in [-0.2, 0) is 19.9 Å². The third-order valence-corrected chi connectivity index (χ3v) is 5.31. The molecule has 4 rings (SSSR count). The molecule has 30 heavy (non-hydrogen) atoms. The molecular formula is C23H27N5O2. The predicted molar refractivity (Wildman–Crippen MR) is 114 cm³/mol. The van der Waals surface area contributed by atoms with Crippen LogP contribution in [-0.4, -0.2) is 63.2 Å². The van der Waals surface area contributed by atoms with Gasteiger partial charge < -0.3 is 14.2 Å². The second kappa shape index (κ2) is 9.54. The van der Waals surface area contributed by atoms with Gasteiger partial charge in [-0.15, -0.1) is 0 Å². The Kier molecular flexibility index (Phi) is 6.39. The summed E-state index contributed by atoms with van der Waals surface area (Å²) in [5, 5.41) is 0. The number of nitrogens with zero attached hydrogens (tertiary/aromatic N) is 5. The Bertz CT molecular complexity index is 947. The number of aromatic nitrogens is 3. The normalized spacial score (nSPS) is 14.6. The van der Waals surface area contributed by atoms with Crippen LogP contribution in [0.15, 0.2) is 61.2 Å². The van der Waals surface area contributed by atoms with Gasteiger partial charge in [0.1, 0.15) is 5.75 Å². The Morgan fingerprint density at radius 2 is 1.80 bits per heavy atom. The number of hydrogen-bond acceptors (Lipinski definition) is 5. The summed E-state index contributed by atoms with van der Waals surface area (Å²) in [7, 11) is 1.98. The van der Waals surface area contributed by atoms with E-state index < -0.39 is 0 Å². The molecular weight excluding hydrogens is 378 g/mol. The summed E-state index contributed by atoms with van der Waals surface area (Å²) < 4.78 is 7.53. The van der Waals surface area contributed by atoms with Gasteiger partial charge in [0.15, 0.2) is 0 Å². The maximum absolute atomic E-state index is 12.5. The third kappa shape index (κ3) is 5.45. The number of benzene rings is 1. The summed E-state index contributed by atoms with van der Waals surface area (Å²) >= 11 is 0. The fourth-order valence-electron chi connectivity index (χ4n) is 3.58. The standard InChI is InChI=1S/C23H27N5O2/c1-26-17-21(25-18-26)9-11-27-12-14-28(15-13-27)23(29)30-22-7-5-19(6-8-22)16-20-4-2-3-10-24-20/h2-8,10,17-18H,9,11-16H2,1H3. The van der Waals surface area contributed by atoms with Crippen molar-refractivity contribution >= 4 is 6.09 Å². The van der Waals surface area contributed by atoms with E-state index in [0.717, 1.165) is 49.4 Å². The number of pyridine rings is 1. The van der Waals surface area contributed by atoms with E-state index in [-0.39, 0.29) is 6.09 Å². The van der Waals surface area contributed by atoms with Crippen molar-refractivity contribution in [3.8, 4) is 5.75 Å². The molecule has 0 radical (unpaired) electrons. The maximum atomic E-state index is 12.5. The second-order valence-electron chi connectivity index (χ2n) is 7.62. The average Bonchev–Trinajstić information content (AvgIpc) is 3.20. The van der Waals surface area contributed by atoms with Gasteiger partial charge in [0.05, 0.1) is 12.0 Å². The summed E-state index contributed by atoms with van der Waals surface area (Å²) in [6.45, 7) is 4.02. The van der Waals surface area contributed by atoms with E-state index in [0.29, 0.717) is 18.8 Å². The molecule has 1 saturated heterocycles. The number of amides is 1. The number of piperazine rings is 1. The SMILES string of the molecule is Cn1cnc(CCN2CCN(C(=O)Oc3ccc(Cc4ccccn4)cc3)CC2)c1. The highest BCUT2D eigenvalue weighted by atomic mass is 16.6. The summed E-state index contributed by atoms with van der Waals surface area (Å²) in [5.74, 6) is 0.572. The van der Waals surface area contributed by atoms with E-state index in [1.807, 2.05) is 60.4 Å². The van der Waals surface area contributed by atoms with Crippen LogP contribution in [0.3, 0.4) is 0 Å². The van der Waals surface area contributed by atoms with Crippen LogP contribution >= 0.6 is 0 Å². The summed E-state index contributed by atoms with van der Waals surface area (Å²) in [5.41, 5.74) is 3.25. The predicted octanol–water partition coefficient (Wildman–Crippen LogP) is 2.77. The Hall–Kier alpha value is -3.19. The lowest BCUT2D eigenvalue weighted by atomic mass is 10.1. The lowest BCUT2D eigenvalue weighted by Gasteiger charge is -2.33. The van der Waals surface area contributed by atoms with E-state index in [1.54, 1.807) is 11.1 Å². The van der Waals surface area contributed by atoms with E-state index in [9.17, 15) is 4.79 Å². The Balaban J connectivity index is 1.21. The van der Waals surface area contributed by atoms with Crippen LogP contribution in [0.2, 0.25) is 0 Å². The molecule has 0 bridgehead atoms. The number of carbonyl (C=O) groups is 1. The van der Waals surface area contributed by atoms with Crippen LogP contribution in [0.4, 0.5) is 4.79 Å². The monoisotopic (exact) mass is 405 g/mol. The molecule has 0 atom stereocenters. The van der Waals surface area contributed by atoms with Gasteiger partial charge in [-0.3, -0.25) is 9.88 Å². The molecule has 7 nitrogen and oxygen atoms in total. The van der Waals surface area contributed by atoms with Gasteiger partial charge in [0.25, 0.3) is 0 Å². The Morgan fingerprint density at radius 1 is 1.00 bits per heavy atom. The van der Waals surface area contributed by atoms with Crippen molar-refractivity contribution in [2.75, 3.05) is 32.7 Å². The highest BCUT2D eigenvalue weighted by Crippen LogP contribution is 2.16. The van der Waals surface area contributed by atoms with Gasteiger partial charge in [0, 0.05) is 70.7 Å². The number of rotatable bonds is 6. The summed E-state index contributed by atoms with van der Waals surface area (Å²) in [6, 6.07) is 13.5. The average molecular weight is 406 g/mol. The van der Waals surface area contributed by atoms with Crippen molar-refractivity contribution in [1.82, 2.24) is 24.3 Å². The number of aryl methyl sites for hydroxylation is 1. The molecule has 156 valence electrons. The fourth-order valence-corrected chi connectivity index (χ4v) is 3.58. The van der Waals surface area contributed by atoms with Gasteiger partial charge in [-0.2, -0.15) is 0 Å². The minimum Gasteiger partial charge on any atom is -0.410 e.